The molecule has 1 N–H and O–H groups in total. The number of nitrogens with zero attached hydrogens (tertiary/aromatic N) is 2. The summed E-state index contributed by atoms with van der Waals surface area (Å²) < 4.78 is 59.5. The second-order valence-corrected chi connectivity index (χ2v) is 9.81. The number of nitrogens with one attached hydrogen (secondary N) is 1. The summed E-state index contributed by atoms with van der Waals surface area (Å²) in [7, 11) is -7.58. The summed E-state index contributed by atoms with van der Waals surface area (Å²) in [4.78, 5) is 0.0279. The molecule has 0 unspecified atom stereocenters. The van der Waals surface area contributed by atoms with Gasteiger partial charge in [-0.05, 0) is 44.9 Å². The third kappa shape index (κ3) is 3.62. The molecular weight excluding hydrogens is 378 g/mol. The second-order valence-electron chi connectivity index (χ2n) is 6.25. The Hall–Kier alpha value is -1.91. The van der Waals surface area contributed by atoms with E-state index in [0.717, 1.165) is 19.3 Å². The number of hydrogen-bond donors (Lipinski definition) is 1. The van der Waals surface area contributed by atoms with Crippen LogP contribution in [0.5, 0.6) is 0 Å². The number of piperidine rings is 1. The van der Waals surface area contributed by atoms with Crippen LogP contribution < -0.4 is 4.72 Å². The van der Waals surface area contributed by atoms with E-state index in [-0.39, 0.29) is 26.9 Å². The molecule has 1 aromatic carbocycles. The molecule has 3 rings (SSSR count). The fourth-order valence-corrected chi connectivity index (χ4v) is 5.98. The monoisotopic (exact) mass is 399 g/mol. The number of aromatic nitrogens is 1. The Morgan fingerprint density at radius 2 is 1.77 bits per heavy atom. The van der Waals surface area contributed by atoms with E-state index in [2.05, 4.69) is 9.88 Å². The molecule has 2 heterocycles. The smallest absolute Gasteiger partial charge is 0.267 e. The van der Waals surface area contributed by atoms with Crippen molar-refractivity contribution in [2.24, 2.45) is 0 Å². The standard InChI is InChI=1S/C16H21N3O5S2/c1-12-16(13(2)24-17-12)25(20,21)18-14-7-6-8-15(11-14)26(22,23)19-9-4-3-5-10-19/h6-8,11,18H,3-5,9-10H2,1-2H3. The minimum atomic E-state index is -3.93. The molecule has 1 saturated heterocycles. The molecule has 1 aliphatic heterocycles. The van der Waals surface area contributed by atoms with Crippen molar-refractivity contribution in [3.63, 3.8) is 0 Å². The van der Waals surface area contributed by atoms with Gasteiger partial charge in [0.2, 0.25) is 10.0 Å². The summed E-state index contributed by atoms with van der Waals surface area (Å²) in [5.74, 6) is 0.173. The molecule has 8 nitrogen and oxygen atoms in total. The third-order valence-corrected chi connectivity index (χ3v) is 7.80. The molecule has 1 aromatic heterocycles. The minimum Gasteiger partial charge on any atom is -0.360 e. The number of anilines is 1. The van der Waals surface area contributed by atoms with Crippen molar-refractivity contribution in [1.82, 2.24) is 9.46 Å². The van der Waals surface area contributed by atoms with Gasteiger partial charge in [-0.25, -0.2) is 16.8 Å². The third-order valence-electron chi connectivity index (χ3n) is 4.28. The molecule has 0 aliphatic carbocycles. The highest BCUT2D eigenvalue weighted by Crippen LogP contribution is 2.26. The highest BCUT2D eigenvalue weighted by Gasteiger charge is 2.27. The number of rotatable bonds is 5. The Morgan fingerprint density at radius 1 is 1.08 bits per heavy atom. The van der Waals surface area contributed by atoms with Crippen LogP contribution in [0.1, 0.15) is 30.7 Å². The van der Waals surface area contributed by atoms with E-state index in [9.17, 15) is 16.8 Å². The van der Waals surface area contributed by atoms with Gasteiger partial charge in [-0.1, -0.05) is 17.6 Å². The molecule has 2 aromatic rings. The molecule has 1 aliphatic rings. The zero-order chi connectivity index (χ0) is 18.9. The van der Waals surface area contributed by atoms with Crippen molar-refractivity contribution in [3.8, 4) is 0 Å². The average molecular weight is 399 g/mol. The van der Waals surface area contributed by atoms with Gasteiger partial charge in [0.1, 0.15) is 5.69 Å². The zero-order valence-electron chi connectivity index (χ0n) is 14.6. The van der Waals surface area contributed by atoms with Crippen LogP contribution >= 0.6 is 0 Å². The van der Waals surface area contributed by atoms with Crippen LogP contribution in [-0.4, -0.2) is 39.4 Å². The van der Waals surface area contributed by atoms with Crippen LogP contribution in [0, 0.1) is 13.8 Å². The van der Waals surface area contributed by atoms with Gasteiger partial charge < -0.3 is 4.52 Å². The number of hydrogen-bond acceptors (Lipinski definition) is 6. The first-order chi connectivity index (χ1) is 12.2. The van der Waals surface area contributed by atoms with Gasteiger partial charge in [0, 0.05) is 13.1 Å². The normalized spacial score (nSPS) is 16.5. The Kier molecular flexibility index (Phi) is 5.09. The quantitative estimate of drug-likeness (QED) is 0.826. The lowest BCUT2D eigenvalue weighted by atomic mass is 10.2. The first-order valence-corrected chi connectivity index (χ1v) is 11.2. The maximum atomic E-state index is 12.8. The van der Waals surface area contributed by atoms with Crippen LogP contribution in [0.2, 0.25) is 0 Å². The van der Waals surface area contributed by atoms with Crippen molar-refractivity contribution >= 4 is 25.7 Å². The molecule has 0 atom stereocenters. The molecule has 0 radical (unpaired) electrons. The van der Waals surface area contributed by atoms with Crippen LogP contribution in [0.15, 0.2) is 38.6 Å². The molecule has 142 valence electrons. The largest absolute Gasteiger partial charge is 0.360 e. The Morgan fingerprint density at radius 3 is 2.38 bits per heavy atom. The topological polar surface area (TPSA) is 110 Å². The molecule has 0 amide bonds. The number of benzene rings is 1. The Labute approximate surface area is 153 Å². The fraction of sp³-hybridized carbons (Fsp3) is 0.438. The lowest BCUT2D eigenvalue weighted by Crippen LogP contribution is -2.35. The highest BCUT2D eigenvalue weighted by molar-refractivity contribution is 7.92. The van der Waals surface area contributed by atoms with Gasteiger partial charge in [-0.2, -0.15) is 4.31 Å². The van der Waals surface area contributed by atoms with Crippen LogP contribution in [-0.2, 0) is 20.0 Å². The van der Waals surface area contributed by atoms with Gasteiger partial charge in [-0.15, -0.1) is 0 Å². The van der Waals surface area contributed by atoms with Crippen LogP contribution in [0.3, 0.4) is 0 Å². The van der Waals surface area contributed by atoms with E-state index < -0.39 is 20.0 Å². The zero-order valence-corrected chi connectivity index (χ0v) is 16.2. The van der Waals surface area contributed by atoms with Crippen molar-refractivity contribution in [2.45, 2.75) is 42.9 Å². The van der Waals surface area contributed by atoms with E-state index in [4.69, 9.17) is 4.52 Å². The molecule has 1 fully saturated rings. The van der Waals surface area contributed by atoms with Gasteiger partial charge in [0.25, 0.3) is 10.0 Å². The summed E-state index contributed by atoms with van der Waals surface area (Å²) in [6.45, 7) is 4.00. The Balaban J connectivity index is 1.90. The summed E-state index contributed by atoms with van der Waals surface area (Å²) in [6.07, 6.45) is 2.68. The maximum Gasteiger partial charge on any atom is 0.267 e. The summed E-state index contributed by atoms with van der Waals surface area (Å²) in [5.41, 5.74) is 0.412. The highest BCUT2D eigenvalue weighted by atomic mass is 32.2. The molecule has 0 spiro atoms. The van der Waals surface area contributed by atoms with Crippen molar-refractivity contribution < 1.29 is 21.4 Å². The van der Waals surface area contributed by atoms with Crippen LogP contribution in [0.25, 0.3) is 0 Å². The van der Waals surface area contributed by atoms with E-state index in [1.807, 2.05) is 0 Å². The molecule has 26 heavy (non-hydrogen) atoms. The van der Waals surface area contributed by atoms with E-state index >= 15 is 0 Å². The second kappa shape index (κ2) is 7.01. The van der Waals surface area contributed by atoms with Gasteiger partial charge in [0.15, 0.2) is 10.7 Å². The number of sulfonamides is 2. The maximum absolute atomic E-state index is 12.8. The average Bonchev–Trinajstić information content (AvgIpc) is 2.95. The first kappa shape index (κ1) is 18.9. The fourth-order valence-electron chi connectivity index (χ4n) is 3.04. The molecule has 0 saturated carbocycles. The summed E-state index contributed by atoms with van der Waals surface area (Å²) in [5, 5.41) is 3.65. The molecule has 10 heteroatoms. The lowest BCUT2D eigenvalue weighted by molar-refractivity contribution is 0.346. The Bertz CT molecular complexity index is 987. The van der Waals surface area contributed by atoms with E-state index in [1.165, 1.54) is 42.4 Å². The predicted octanol–water partition coefficient (Wildman–Crippen LogP) is 2.27. The van der Waals surface area contributed by atoms with Crippen molar-refractivity contribution in [2.75, 3.05) is 17.8 Å². The first-order valence-electron chi connectivity index (χ1n) is 8.28. The molecular formula is C16H21N3O5S2. The van der Waals surface area contributed by atoms with Crippen molar-refractivity contribution in [3.05, 3.63) is 35.7 Å². The minimum absolute atomic E-state index is 0.0400. The predicted molar refractivity (Wildman–Crippen MR) is 95.8 cm³/mol. The lowest BCUT2D eigenvalue weighted by Gasteiger charge is -2.26. The van der Waals surface area contributed by atoms with E-state index in [0.29, 0.717) is 13.1 Å². The van der Waals surface area contributed by atoms with E-state index in [1.54, 1.807) is 0 Å². The molecule has 0 bridgehead atoms. The van der Waals surface area contributed by atoms with Gasteiger partial charge >= 0.3 is 0 Å². The summed E-state index contributed by atoms with van der Waals surface area (Å²) in [6, 6.07) is 5.82. The van der Waals surface area contributed by atoms with Crippen LogP contribution in [0.4, 0.5) is 5.69 Å². The van der Waals surface area contributed by atoms with Gasteiger partial charge in [-0.3, -0.25) is 4.72 Å². The van der Waals surface area contributed by atoms with Gasteiger partial charge in [0.05, 0.1) is 10.6 Å². The number of aryl methyl sites for hydroxylation is 2. The summed E-state index contributed by atoms with van der Waals surface area (Å²) >= 11 is 0. The van der Waals surface area contributed by atoms with Crippen molar-refractivity contribution in [1.29, 1.82) is 0 Å². The SMILES string of the molecule is Cc1noc(C)c1S(=O)(=O)Nc1cccc(S(=O)(=O)N2CCCCC2)c1.